The molecule has 1 aliphatic rings. The van der Waals surface area contributed by atoms with E-state index in [4.69, 9.17) is 4.42 Å². The van der Waals surface area contributed by atoms with Crippen molar-refractivity contribution in [2.75, 3.05) is 13.6 Å². The van der Waals surface area contributed by atoms with Crippen molar-refractivity contribution >= 4 is 11.6 Å². The first-order valence-corrected chi connectivity index (χ1v) is 4.42. The third-order valence-electron chi connectivity index (χ3n) is 2.35. The Hall–Kier alpha value is -1.42. The summed E-state index contributed by atoms with van der Waals surface area (Å²) < 4.78 is 5.21. The Morgan fingerprint density at radius 1 is 1.50 bits per heavy atom. The van der Waals surface area contributed by atoms with Crippen molar-refractivity contribution in [3.8, 4) is 0 Å². The molecule has 74 valence electrons. The van der Waals surface area contributed by atoms with Gasteiger partial charge < -0.3 is 4.42 Å². The number of likely N-dealkylation sites (N-methyl/N-ethyl adjacent to an activating group) is 1. The summed E-state index contributed by atoms with van der Waals surface area (Å²) in [6, 6.07) is 0. The van der Waals surface area contributed by atoms with Crippen molar-refractivity contribution in [3.05, 3.63) is 23.2 Å². The van der Waals surface area contributed by atoms with E-state index < -0.39 is 0 Å². The molecule has 4 heteroatoms. The van der Waals surface area contributed by atoms with Gasteiger partial charge >= 0.3 is 0 Å². The van der Waals surface area contributed by atoms with Crippen molar-refractivity contribution in [1.82, 2.24) is 4.90 Å². The molecule has 4 nitrogen and oxygen atoms in total. The summed E-state index contributed by atoms with van der Waals surface area (Å²) in [4.78, 5) is 24.7. The molecule has 1 aliphatic heterocycles. The van der Waals surface area contributed by atoms with E-state index in [0.29, 0.717) is 30.0 Å². The van der Waals surface area contributed by atoms with E-state index >= 15 is 0 Å². The SMILES string of the molecule is CC(=O)c1coc2c1C(=O)CN(C)C2. The minimum atomic E-state index is -0.118. The zero-order valence-electron chi connectivity index (χ0n) is 8.16. The molecule has 0 amide bonds. The molecule has 0 saturated heterocycles. The first kappa shape index (κ1) is 9.15. The molecule has 0 saturated carbocycles. The van der Waals surface area contributed by atoms with Gasteiger partial charge in [0.2, 0.25) is 0 Å². The van der Waals surface area contributed by atoms with Gasteiger partial charge in [0.05, 0.1) is 24.2 Å². The van der Waals surface area contributed by atoms with Gasteiger partial charge in [0.1, 0.15) is 12.0 Å². The van der Waals surface area contributed by atoms with Crippen LogP contribution in [-0.2, 0) is 6.54 Å². The Balaban J connectivity index is 2.52. The van der Waals surface area contributed by atoms with Crippen molar-refractivity contribution in [2.45, 2.75) is 13.5 Å². The number of rotatable bonds is 1. The molecule has 0 aliphatic carbocycles. The lowest BCUT2D eigenvalue weighted by Gasteiger charge is -2.20. The van der Waals surface area contributed by atoms with Crippen LogP contribution in [0.5, 0.6) is 0 Å². The lowest BCUT2D eigenvalue weighted by atomic mass is 10.0. The molecular formula is C10H11NO3. The maximum Gasteiger partial charge on any atom is 0.181 e. The fraction of sp³-hybridized carbons (Fsp3) is 0.400. The Labute approximate surface area is 81.5 Å². The van der Waals surface area contributed by atoms with Crippen LogP contribution in [-0.4, -0.2) is 30.1 Å². The van der Waals surface area contributed by atoms with Crippen molar-refractivity contribution < 1.29 is 14.0 Å². The van der Waals surface area contributed by atoms with Crippen molar-refractivity contribution in [1.29, 1.82) is 0 Å². The van der Waals surface area contributed by atoms with Gasteiger partial charge in [0, 0.05) is 0 Å². The maximum absolute atomic E-state index is 11.6. The van der Waals surface area contributed by atoms with Crippen LogP contribution in [0.25, 0.3) is 0 Å². The van der Waals surface area contributed by atoms with Crippen LogP contribution < -0.4 is 0 Å². The Bertz CT molecular complexity index is 405. The zero-order chi connectivity index (χ0) is 10.3. The molecular weight excluding hydrogens is 182 g/mol. The Kier molecular flexibility index (Phi) is 2.00. The number of nitrogens with zero attached hydrogens (tertiary/aromatic N) is 1. The number of carbonyl (C=O) groups excluding carboxylic acids is 2. The molecule has 0 spiro atoms. The Morgan fingerprint density at radius 3 is 2.86 bits per heavy atom. The fourth-order valence-electron chi connectivity index (χ4n) is 1.70. The quantitative estimate of drug-likeness (QED) is 0.627. The molecule has 0 N–H and O–H groups in total. The lowest BCUT2D eigenvalue weighted by molar-refractivity contribution is 0.0903. The van der Waals surface area contributed by atoms with Crippen LogP contribution in [0, 0.1) is 0 Å². The maximum atomic E-state index is 11.6. The summed E-state index contributed by atoms with van der Waals surface area (Å²) in [5.41, 5.74) is 0.897. The number of fused-ring (bicyclic) bond motifs is 1. The van der Waals surface area contributed by atoms with Gasteiger partial charge in [-0.15, -0.1) is 0 Å². The number of Topliss-reactive ketones (excluding diaryl/α,β-unsaturated/α-hetero) is 2. The first-order chi connectivity index (χ1) is 6.59. The summed E-state index contributed by atoms with van der Waals surface area (Å²) >= 11 is 0. The van der Waals surface area contributed by atoms with Gasteiger partial charge in [-0.2, -0.15) is 0 Å². The highest BCUT2D eigenvalue weighted by Crippen LogP contribution is 2.23. The van der Waals surface area contributed by atoms with E-state index in [1.807, 2.05) is 11.9 Å². The zero-order valence-corrected chi connectivity index (χ0v) is 8.16. The van der Waals surface area contributed by atoms with Crippen LogP contribution >= 0.6 is 0 Å². The standard InChI is InChI=1S/C10H11NO3/c1-6(12)7-5-14-9-4-11(2)3-8(13)10(7)9/h5H,3-4H2,1-2H3. The van der Waals surface area contributed by atoms with Crippen LogP contribution in [0.15, 0.2) is 10.7 Å². The number of furan rings is 1. The van der Waals surface area contributed by atoms with Gasteiger partial charge in [-0.25, -0.2) is 0 Å². The highest BCUT2D eigenvalue weighted by Gasteiger charge is 2.28. The summed E-state index contributed by atoms with van der Waals surface area (Å²) in [7, 11) is 1.84. The normalized spacial score (nSPS) is 16.9. The smallest absolute Gasteiger partial charge is 0.181 e. The van der Waals surface area contributed by atoms with E-state index in [1.165, 1.54) is 13.2 Å². The average molecular weight is 193 g/mol. The molecule has 0 aromatic carbocycles. The average Bonchev–Trinajstić information content (AvgIpc) is 2.47. The molecule has 0 unspecified atom stereocenters. The predicted molar refractivity (Wildman–Crippen MR) is 49.4 cm³/mol. The molecule has 1 aromatic heterocycles. The molecule has 1 aromatic rings. The largest absolute Gasteiger partial charge is 0.466 e. The second-order valence-corrected chi connectivity index (χ2v) is 3.60. The van der Waals surface area contributed by atoms with E-state index in [2.05, 4.69) is 0 Å². The second-order valence-electron chi connectivity index (χ2n) is 3.60. The van der Waals surface area contributed by atoms with Gasteiger partial charge in [-0.05, 0) is 14.0 Å². The summed E-state index contributed by atoms with van der Waals surface area (Å²) in [6.07, 6.45) is 1.38. The topological polar surface area (TPSA) is 50.5 Å². The van der Waals surface area contributed by atoms with E-state index in [-0.39, 0.29) is 11.6 Å². The minimum Gasteiger partial charge on any atom is -0.466 e. The summed E-state index contributed by atoms with van der Waals surface area (Å²) in [5, 5.41) is 0. The molecule has 0 atom stereocenters. The number of ketones is 2. The van der Waals surface area contributed by atoms with Crippen LogP contribution in [0.1, 0.15) is 33.4 Å². The highest BCUT2D eigenvalue weighted by atomic mass is 16.3. The van der Waals surface area contributed by atoms with Crippen molar-refractivity contribution in [3.63, 3.8) is 0 Å². The summed E-state index contributed by atoms with van der Waals surface area (Å²) in [6.45, 7) is 2.39. The molecule has 14 heavy (non-hydrogen) atoms. The highest BCUT2D eigenvalue weighted by molar-refractivity contribution is 6.09. The van der Waals surface area contributed by atoms with Crippen LogP contribution in [0.3, 0.4) is 0 Å². The predicted octanol–water partition coefficient (Wildman–Crippen LogP) is 1.11. The summed E-state index contributed by atoms with van der Waals surface area (Å²) in [5.74, 6) is 0.453. The van der Waals surface area contributed by atoms with E-state index in [1.54, 1.807) is 0 Å². The Morgan fingerprint density at radius 2 is 2.21 bits per heavy atom. The van der Waals surface area contributed by atoms with Crippen LogP contribution in [0.2, 0.25) is 0 Å². The van der Waals surface area contributed by atoms with Gasteiger partial charge in [-0.1, -0.05) is 0 Å². The van der Waals surface area contributed by atoms with Crippen LogP contribution in [0.4, 0.5) is 0 Å². The molecule has 0 radical (unpaired) electrons. The first-order valence-electron chi connectivity index (χ1n) is 4.42. The number of hydrogen-bond acceptors (Lipinski definition) is 4. The van der Waals surface area contributed by atoms with E-state index in [0.717, 1.165) is 0 Å². The lowest BCUT2D eigenvalue weighted by Crippen LogP contribution is -2.31. The van der Waals surface area contributed by atoms with Gasteiger partial charge in [0.25, 0.3) is 0 Å². The third-order valence-corrected chi connectivity index (χ3v) is 2.35. The fourth-order valence-corrected chi connectivity index (χ4v) is 1.70. The second kappa shape index (κ2) is 3.06. The third kappa shape index (κ3) is 1.28. The molecule has 0 bridgehead atoms. The van der Waals surface area contributed by atoms with Crippen molar-refractivity contribution in [2.24, 2.45) is 0 Å². The molecule has 2 rings (SSSR count). The van der Waals surface area contributed by atoms with Gasteiger partial charge in [-0.3, -0.25) is 14.5 Å². The minimum absolute atomic E-state index is 0.0345. The number of carbonyl (C=O) groups is 2. The monoisotopic (exact) mass is 193 g/mol. The van der Waals surface area contributed by atoms with E-state index in [9.17, 15) is 9.59 Å². The molecule has 0 fully saturated rings. The van der Waals surface area contributed by atoms with Gasteiger partial charge in [0.15, 0.2) is 11.6 Å². The molecule has 2 heterocycles. The number of hydrogen-bond donors (Lipinski definition) is 0.